The topological polar surface area (TPSA) is 85.4 Å². The fourth-order valence-electron chi connectivity index (χ4n) is 2.35. The lowest BCUT2D eigenvalue weighted by Gasteiger charge is -2.12. The first kappa shape index (κ1) is 18.5. The number of amides is 1. The molecule has 0 saturated heterocycles. The van der Waals surface area contributed by atoms with Crippen LogP contribution in [0.1, 0.15) is 10.5 Å². The smallest absolute Gasteiger partial charge is 0.274 e. The third-order valence-electron chi connectivity index (χ3n) is 3.69. The lowest BCUT2D eigenvalue weighted by molar-refractivity contribution is 0.102. The van der Waals surface area contributed by atoms with E-state index in [-0.39, 0.29) is 5.69 Å². The number of carbonyl (C=O) groups excluding carboxylic acids is 1. The Kier molecular flexibility index (Phi) is 5.73. The van der Waals surface area contributed by atoms with Gasteiger partial charge in [0.1, 0.15) is 29.3 Å². The van der Waals surface area contributed by atoms with Gasteiger partial charge in [-0.2, -0.15) is 0 Å². The molecule has 0 aliphatic carbocycles. The van der Waals surface area contributed by atoms with Crippen molar-refractivity contribution in [2.75, 3.05) is 24.9 Å². The van der Waals surface area contributed by atoms with Crippen LogP contribution >= 0.6 is 11.6 Å². The maximum absolute atomic E-state index is 12.5. The molecule has 7 nitrogen and oxygen atoms in total. The van der Waals surface area contributed by atoms with Crippen molar-refractivity contribution in [1.29, 1.82) is 0 Å². The molecule has 3 rings (SSSR count). The summed E-state index contributed by atoms with van der Waals surface area (Å²) in [5.41, 5.74) is 1.34. The summed E-state index contributed by atoms with van der Waals surface area (Å²) >= 11 is 6.07. The second-order valence-electron chi connectivity index (χ2n) is 5.41. The van der Waals surface area contributed by atoms with Gasteiger partial charge in [0.15, 0.2) is 0 Å². The van der Waals surface area contributed by atoms with Crippen molar-refractivity contribution in [3.63, 3.8) is 0 Å². The van der Waals surface area contributed by atoms with E-state index in [4.69, 9.17) is 21.1 Å². The summed E-state index contributed by atoms with van der Waals surface area (Å²) in [6.45, 7) is 0. The highest BCUT2D eigenvalue weighted by Gasteiger charge is 2.12. The van der Waals surface area contributed by atoms with Crippen molar-refractivity contribution in [1.82, 2.24) is 9.97 Å². The van der Waals surface area contributed by atoms with Crippen molar-refractivity contribution in [3.05, 3.63) is 65.6 Å². The maximum Gasteiger partial charge on any atom is 0.274 e. The Morgan fingerprint density at radius 1 is 1.00 bits per heavy atom. The SMILES string of the molecule is COc1ccc(OC)c(Nc2cc(C(=O)Nc3ccccc3Cl)ncn2)c1. The van der Waals surface area contributed by atoms with Crippen molar-refractivity contribution in [3.8, 4) is 11.5 Å². The maximum atomic E-state index is 12.5. The monoisotopic (exact) mass is 384 g/mol. The summed E-state index contributed by atoms with van der Waals surface area (Å²) in [5, 5.41) is 6.28. The molecule has 8 heteroatoms. The summed E-state index contributed by atoms with van der Waals surface area (Å²) in [5.74, 6) is 1.30. The Balaban J connectivity index is 1.82. The Hall–Kier alpha value is -3.32. The Morgan fingerprint density at radius 2 is 1.81 bits per heavy atom. The second-order valence-corrected chi connectivity index (χ2v) is 5.82. The summed E-state index contributed by atoms with van der Waals surface area (Å²) in [6, 6.07) is 13.8. The molecule has 0 spiro atoms. The van der Waals surface area contributed by atoms with Crippen molar-refractivity contribution < 1.29 is 14.3 Å². The average molecular weight is 385 g/mol. The zero-order chi connectivity index (χ0) is 19.2. The third-order valence-corrected chi connectivity index (χ3v) is 4.02. The first-order valence-corrected chi connectivity index (χ1v) is 8.35. The van der Waals surface area contributed by atoms with Gasteiger partial charge < -0.3 is 20.1 Å². The van der Waals surface area contributed by atoms with Gasteiger partial charge in [-0.05, 0) is 24.3 Å². The molecule has 0 bridgehead atoms. The molecule has 27 heavy (non-hydrogen) atoms. The minimum atomic E-state index is -0.397. The van der Waals surface area contributed by atoms with E-state index in [1.807, 2.05) is 0 Å². The Labute approximate surface area is 161 Å². The van der Waals surface area contributed by atoms with E-state index in [0.29, 0.717) is 33.7 Å². The van der Waals surface area contributed by atoms with Crippen LogP contribution in [0.25, 0.3) is 0 Å². The molecular formula is C19H17ClN4O3. The van der Waals surface area contributed by atoms with E-state index in [2.05, 4.69) is 20.6 Å². The van der Waals surface area contributed by atoms with Crippen molar-refractivity contribution in [2.45, 2.75) is 0 Å². The Morgan fingerprint density at radius 3 is 2.56 bits per heavy atom. The molecule has 0 fully saturated rings. The van der Waals surface area contributed by atoms with Gasteiger partial charge in [0.25, 0.3) is 5.91 Å². The van der Waals surface area contributed by atoms with Crippen LogP contribution in [-0.2, 0) is 0 Å². The largest absolute Gasteiger partial charge is 0.497 e. The quantitative estimate of drug-likeness (QED) is 0.664. The van der Waals surface area contributed by atoms with Gasteiger partial charge in [-0.15, -0.1) is 0 Å². The normalized spacial score (nSPS) is 10.2. The first-order valence-electron chi connectivity index (χ1n) is 7.97. The number of nitrogens with one attached hydrogen (secondary N) is 2. The molecule has 2 N–H and O–H groups in total. The van der Waals surface area contributed by atoms with Crippen molar-refractivity contribution in [2.24, 2.45) is 0 Å². The van der Waals surface area contributed by atoms with E-state index in [1.54, 1.807) is 56.7 Å². The molecule has 0 aliphatic rings. The van der Waals surface area contributed by atoms with Crippen LogP contribution in [0.5, 0.6) is 11.5 Å². The third kappa shape index (κ3) is 4.45. The molecule has 0 aliphatic heterocycles. The van der Waals surface area contributed by atoms with Crippen LogP contribution in [0, 0.1) is 0 Å². The number of nitrogens with zero attached hydrogens (tertiary/aromatic N) is 2. The highest BCUT2D eigenvalue weighted by Crippen LogP contribution is 2.31. The predicted molar refractivity (Wildman–Crippen MR) is 104 cm³/mol. The number of methoxy groups -OCH3 is 2. The number of hydrogen-bond acceptors (Lipinski definition) is 6. The summed E-state index contributed by atoms with van der Waals surface area (Å²) in [7, 11) is 3.14. The fourth-order valence-corrected chi connectivity index (χ4v) is 2.53. The van der Waals surface area contributed by atoms with Gasteiger partial charge in [0.05, 0.1) is 30.6 Å². The highest BCUT2D eigenvalue weighted by atomic mass is 35.5. The van der Waals surface area contributed by atoms with E-state index in [1.165, 1.54) is 12.4 Å². The number of hydrogen-bond donors (Lipinski definition) is 2. The molecule has 0 unspecified atom stereocenters. The molecule has 0 saturated carbocycles. The number of aromatic nitrogens is 2. The van der Waals surface area contributed by atoms with E-state index in [9.17, 15) is 4.79 Å². The highest BCUT2D eigenvalue weighted by molar-refractivity contribution is 6.33. The van der Waals surface area contributed by atoms with E-state index in [0.717, 1.165) is 0 Å². The van der Waals surface area contributed by atoms with Gasteiger partial charge in [-0.3, -0.25) is 4.79 Å². The van der Waals surface area contributed by atoms with Gasteiger partial charge in [-0.1, -0.05) is 23.7 Å². The summed E-state index contributed by atoms with van der Waals surface area (Å²) in [4.78, 5) is 20.6. The minimum absolute atomic E-state index is 0.189. The summed E-state index contributed by atoms with van der Waals surface area (Å²) in [6.07, 6.45) is 1.30. The van der Waals surface area contributed by atoms with Crippen LogP contribution in [0.2, 0.25) is 5.02 Å². The van der Waals surface area contributed by atoms with Crippen LogP contribution in [0.3, 0.4) is 0 Å². The van der Waals surface area contributed by atoms with Crippen LogP contribution in [-0.4, -0.2) is 30.1 Å². The molecule has 0 radical (unpaired) electrons. The lowest BCUT2D eigenvalue weighted by atomic mass is 10.2. The molecular weight excluding hydrogens is 368 g/mol. The molecule has 1 aromatic heterocycles. The number of benzene rings is 2. The number of halogens is 1. The molecule has 1 amide bonds. The van der Waals surface area contributed by atoms with Gasteiger partial charge in [0, 0.05) is 12.1 Å². The van der Waals surface area contributed by atoms with Gasteiger partial charge in [-0.25, -0.2) is 9.97 Å². The van der Waals surface area contributed by atoms with Crippen molar-refractivity contribution >= 4 is 34.7 Å². The minimum Gasteiger partial charge on any atom is -0.497 e. The number of ether oxygens (including phenoxy) is 2. The van der Waals surface area contributed by atoms with Gasteiger partial charge in [0.2, 0.25) is 0 Å². The number of anilines is 3. The zero-order valence-electron chi connectivity index (χ0n) is 14.7. The molecule has 3 aromatic rings. The van der Waals surface area contributed by atoms with Crippen LogP contribution in [0.15, 0.2) is 54.9 Å². The van der Waals surface area contributed by atoms with E-state index >= 15 is 0 Å². The number of carbonyl (C=O) groups is 1. The lowest BCUT2D eigenvalue weighted by Crippen LogP contribution is -2.14. The number of para-hydroxylation sites is 1. The van der Waals surface area contributed by atoms with Crippen LogP contribution < -0.4 is 20.1 Å². The molecule has 0 atom stereocenters. The Bertz CT molecular complexity index is 965. The van der Waals surface area contributed by atoms with Gasteiger partial charge >= 0.3 is 0 Å². The predicted octanol–water partition coefficient (Wildman–Crippen LogP) is 4.14. The van der Waals surface area contributed by atoms with Crippen LogP contribution in [0.4, 0.5) is 17.2 Å². The first-order chi connectivity index (χ1) is 13.1. The summed E-state index contributed by atoms with van der Waals surface area (Å²) < 4.78 is 10.6. The molecule has 2 aromatic carbocycles. The average Bonchev–Trinajstić information content (AvgIpc) is 2.70. The zero-order valence-corrected chi connectivity index (χ0v) is 15.4. The fraction of sp³-hybridized carbons (Fsp3) is 0.105. The molecule has 1 heterocycles. The second kappa shape index (κ2) is 8.37. The number of rotatable bonds is 6. The standard InChI is InChI=1S/C19H17ClN4O3/c1-26-12-7-8-17(27-2)15(9-12)23-18-10-16(21-11-22-18)19(25)24-14-6-4-3-5-13(14)20/h3-11H,1-2H3,(H,24,25)(H,21,22,23). The molecule has 138 valence electrons. The van der Waals surface area contributed by atoms with E-state index < -0.39 is 5.91 Å².